The number of hydrogen-bond acceptors (Lipinski definition) is 2. The van der Waals surface area contributed by atoms with Crippen LogP contribution >= 0.6 is 36.6 Å². The van der Waals surface area contributed by atoms with Gasteiger partial charge in [0.2, 0.25) is 0 Å². The van der Waals surface area contributed by atoms with Gasteiger partial charge in [-0.25, -0.2) is 0 Å². The summed E-state index contributed by atoms with van der Waals surface area (Å²) in [4.78, 5) is 0. The van der Waals surface area contributed by atoms with E-state index in [1.807, 2.05) is 0 Å². The van der Waals surface area contributed by atoms with Crippen LogP contribution in [-0.2, 0) is 0 Å². The van der Waals surface area contributed by atoms with Gasteiger partial charge in [0, 0.05) is 5.75 Å². The molecular formula is C9H20NS3+. The van der Waals surface area contributed by atoms with Crippen LogP contribution in [0.4, 0.5) is 0 Å². The lowest BCUT2D eigenvalue weighted by atomic mass is 10.3. The maximum absolute atomic E-state index is 4.91. The number of thiol groups is 1. The summed E-state index contributed by atoms with van der Waals surface area (Å²) >= 11 is 10.7. The lowest BCUT2D eigenvalue weighted by molar-refractivity contribution is -0.920. The van der Waals surface area contributed by atoms with E-state index >= 15 is 0 Å². The molecule has 0 heterocycles. The molecule has 0 aliphatic carbocycles. The van der Waals surface area contributed by atoms with Crippen LogP contribution in [0.5, 0.6) is 0 Å². The van der Waals surface area contributed by atoms with Gasteiger partial charge in [-0.3, -0.25) is 0 Å². The van der Waals surface area contributed by atoms with E-state index in [9.17, 15) is 0 Å². The number of hydrogen-bond donors (Lipinski definition) is 1. The number of thioether (sulfide) groups is 1. The average molecular weight is 238 g/mol. The van der Waals surface area contributed by atoms with E-state index in [-0.39, 0.29) is 0 Å². The van der Waals surface area contributed by atoms with E-state index in [0.29, 0.717) is 0 Å². The fourth-order valence-electron chi connectivity index (χ4n) is 1.47. The van der Waals surface area contributed by atoms with Crippen LogP contribution in [0.3, 0.4) is 0 Å². The molecule has 0 aromatic heterocycles. The van der Waals surface area contributed by atoms with Crippen molar-refractivity contribution in [3.8, 4) is 0 Å². The molecule has 1 nitrogen and oxygen atoms in total. The number of quaternary nitrogens is 1. The SMILES string of the molecule is CC[N+](CC)(CC)CCSC(=S)S. The fraction of sp³-hybridized carbons (Fsp3) is 0.889. The molecule has 0 radical (unpaired) electrons. The summed E-state index contributed by atoms with van der Waals surface area (Å²) < 4.78 is 1.96. The quantitative estimate of drug-likeness (QED) is 0.429. The molecular weight excluding hydrogens is 218 g/mol. The third-order valence-corrected chi connectivity index (χ3v) is 4.18. The minimum absolute atomic E-state index is 0.765. The van der Waals surface area contributed by atoms with Crippen LogP contribution < -0.4 is 0 Å². The molecule has 13 heavy (non-hydrogen) atoms. The zero-order chi connectivity index (χ0) is 10.3. The Bertz CT molecular complexity index is 147. The van der Waals surface area contributed by atoms with Crippen LogP contribution in [-0.4, -0.2) is 39.9 Å². The van der Waals surface area contributed by atoms with Gasteiger partial charge in [0.1, 0.15) is 3.53 Å². The minimum Gasteiger partial charge on any atom is -0.324 e. The molecule has 0 rings (SSSR count). The van der Waals surface area contributed by atoms with E-state index in [2.05, 4.69) is 33.4 Å². The first-order valence-electron chi connectivity index (χ1n) is 4.81. The molecule has 0 saturated carbocycles. The second kappa shape index (κ2) is 7.10. The molecule has 0 bridgehead atoms. The van der Waals surface area contributed by atoms with E-state index in [4.69, 9.17) is 12.2 Å². The predicted octanol–water partition coefficient (Wildman–Crippen LogP) is 2.81. The summed E-state index contributed by atoms with van der Waals surface area (Å²) in [5, 5.41) is 0. The Morgan fingerprint density at radius 2 is 1.69 bits per heavy atom. The van der Waals surface area contributed by atoms with Gasteiger partial charge in [-0.15, -0.1) is 24.4 Å². The summed E-state index contributed by atoms with van der Waals surface area (Å²) in [6, 6.07) is 0. The Labute approximate surface area is 97.3 Å². The average Bonchev–Trinajstić information content (AvgIpc) is 2.13. The normalized spacial score (nSPS) is 11.7. The van der Waals surface area contributed by atoms with Crippen molar-refractivity contribution in [2.45, 2.75) is 20.8 Å². The monoisotopic (exact) mass is 238 g/mol. The zero-order valence-corrected chi connectivity index (χ0v) is 11.3. The highest BCUT2D eigenvalue weighted by molar-refractivity contribution is 8.41. The minimum atomic E-state index is 0.765. The topological polar surface area (TPSA) is 0 Å². The van der Waals surface area contributed by atoms with Crippen molar-refractivity contribution in [3.63, 3.8) is 0 Å². The Balaban J connectivity index is 3.88. The Morgan fingerprint density at radius 3 is 2.00 bits per heavy atom. The van der Waals surface area contributed by atoms with Crippen molar-refractivity contribution >= 4 is 40.1 Å². The zero-order valence-electron chi connectivity index (χ0n) is 8.75. The van der Waals surface area contributed by atoms with Crippen LogP contribution in [0.25, 0.3) is 0 Å². The first-order chi connectivity index (χ1) is 6.10. The van der Waals surface area contributed by atoms with Crippen molar-refractivity contribution in [3.05, 3.63) is 0 Å². The van der Waals surface area contributed by atoms with Gasteiger partial charge in [-0.2, -0.15) is 0 Å². The number of rotatable bonds is 6. The molecule has 0 amide bonds. The molecule has 78 valence electrons. The van der Waals surface area contributed by atoms with Gasteiger partial charge in [0.05, 0.1) is 26.2 Å². The fourth-order valence-corrected chi connectivity index (χ4v) is 2.65. The standard InChI is InChI=1S/C9H19NS3/c1-4-10(5-2,6-3)7-8-13-9(11)12/h4-8H2,1-3H3/p+1. The van der Waals surface area contributed by atoms with Gasteiger partial charge in [-0.05, 0) is 20.8 Å². The van der Waals surface area contributed by atoms with Crippen molar-refractivity contribution < 1.29 is 4.48 Å². The van der Waals surface area contributed by atoms with Crippen molar-refractivity contribution in [2.75, 3.05) is 31.9 Å². The number of thiocarbonyl (C=S) groups is 1. The summed E-state index contributed by atoms with van der Waals surface area (Å²) in [5.41, 5.74) is 0. The van der Waals surface area contributed by atoms with Crippen LogP contribution in [0.1, 0.15) is 20.8 Å². The maximum Gasteiger partial charge on any atom is 0.101 e. The van der Waals surface area contributed by atoms with Crippen LogP contribution in [0.2, 0.25) is 0 Å². The molecule has 0 aliphatic heterocycles. The van der Waals surface area contributed by atoms with E-state index < -0.39 is 0 Å². The van der Waals surface area contributed by atoms with E-state index in [0.717, 1.165) is 9.28 Å². The number of nitrogens with zero attached hydrogens (tertiary/aromatic N) is 1. The molecule has 0 N–H and O–H groups in total. The third kappa shape index (κ3) is 5.25. The summed E-state index contributed by atoms with van der Waals surface area (Å²) in [6.07, 6.45) is 0. The van der Waals surface area contributed by atoms with E-state index in [1.165, 1.54) is 30.7 Å². The second-order valence-electron chi connectivity index (χ2n) is 3.13. The van der Waals surface area contributed by atoms with E-state index in [1.54, 1.807) is 11.8 Å². The lowest BCUT2D eigenvalue weighted by Gasteiger charge is -2.35. The van der Waals surface area contributed by atoms with Gasteiger partial charge in [0.25, 0.3) is 0 Å². The first-order valence-corrected chi connectivity index (χ1v) is 6.65. The van der Waals surface area contributed by atoms with Gasteiger partial charge >= 0.3 is 0 Å². The Hall–Kier alpha value is 0.750. The lowest BCUT2D eigenvalue weighted by Crippen LogP contribution is -2.49. The Morgan fingerprint density at radius 1 is 1.23 bits per heavy atom. The molecule has 0 atom stereocenters. The third-order valence-electron chi connectivity index (χ3n) is 2.80. The predicted molar refractivity (Wildman–Crippen MR) is 70.8 cm³/mol. The molecule has 0 spiro atoms. The molecule has 0 aromatic rings. The highest BCUT2D eigenvalue weighted by atomic mass is 32.2. The largest absolute Gasteiger partial charge is 0.324 e. The molecule has 0 saturated heterocycles. The highest BCUT2D eigenvalue weighted by Gasteiger charge is 2.19. The summed E-state index contributed by atoms with van der Waals surface area (Å²) in [5.74, 6) is 1.10. The summed E-state index contributed by atoms with van der Waals surface area (Å²) in [6.45, 7) is 11.6. The van der Waals surface area contributed by atoms with Gasteiger partial charge in [-0.1, -0.05) is 12.2 Å². The van der Waals surface area contributed by atoms with Gasteiger partial charge in [0.15, 0.2) is 0 Å². The summed E-state index contributed by atoms with van der Waals surface area (Å²) in [7, 11) is 0. The molecule has 0 aliphatic rings. The second-order valence-corrected chi connectivity index (χ2v) is 5.95. The maximum atomic E-state index is 4.91. The van der Waals surface area contributed by atoms with Gasteiger partial charge < -0.3 is 4.48 Å². The molecule has 4 heteroatoms. The van der Waals surface area contributed by atoms with Crippen LogP contribution in [0.15, 0.2) is 0 Å². The highest BCUT2D eigenvalue weighted by Crippen LogP contribution is 2.12. The van der Waals surface area contributed by atoms with Crippen LogP contribution in [0, 0.1) is 0 Å². The van der Waals surface area contributed by atoms with Crippen molar-refractivity contribution in [1.29, 1.82) is 0 Å². The molecule has 0 aromatic carbocycles. The Kier molecular flexibility index (Phi) is 7.51. The first kappa shape index (κ1) is 13.8. The molecule has 0 unspecified atom stereocenters. The van der Waals surface area contributed by atoms with Crippen molar-refractivity contribution in [2.24, 2.45) is 0 Å². The van der Waals surface area contributed by atoms with Crippen molar-refractivity contribution in [1.82, 2.24) is 0 Å². The molecule has 0 fully saturated rings. The smallest absolute Gasteiger partial charge is 0.101 e.